The number of para-hydroxylation sites is 1. The quantitative estimate of drug-likeness (QED) is 0.438. The molecular weight excluding hydrogens is 206 g/mol. The van der Waals surface area contributed by atoms with Crippen molar-refractivity contribution in [1.82, 2.24) is 0 Å². The lowest BCUT2D eigenvalue weighted by Gasteiger charge is -2.01. The first-order chi connectivity index (χ1) is 6.61. The molecule has 73 valence electrons. The van der Waals surface area contributed by atoms with Crippen molar-refractivity contribution in [3.05, 3.63) is 39.9 Å². The SMILES string of the molecule is O=C([S])OCc1ccccc1[N+](=O)[O-]. The number of carbonyl (C=O) groups excluding carboxylic acids is 1. The fourth-order valence-electron chi connectivity index (χ4n) is 0.948. The summed E-state index contributed by atoms with van der Waals surface area (Å²) in [5.41, 5.74) is 0.249. The molecule has 0 fully saturated rings. The summed E-state index contributed by atoms with van der Waals surface area (Å²) in [6, 6.07) is 6.01. The van der Waals surface area contributed by atoms with Crippen LogP contribution in [0.5, 0.6) is 0 Å². The van der Waals surface area contributed by atoms with E-state index in [4.69, 9.17) is 0 Å². The fourth-order valence-corrected chi connectivity index (χ4v) is 1.01. The third-order valence-corrected chi connectivity index (χ3v) is 1.65. The molecule has 1 radical (unpaired) electrons. The van der Waals surface area contributed by atoms with Gasteiger partial charge < -0.3 is 4.74 Å². The van der Waals surface area contributed by atoms with Gasteiger partial charge in [0.25, 0.3) is 5.69 Å². The minimum atomic E-state index is -0.872. The Bertz CT molecular complexity index is 366. The predicted octanol–water partition coefficient (Wildman–Crippen LogP) is 2.43. The van der Waals surface area contributed by atoms with Gasteiger partial charge in [0.1, 0.15) is 6.61 Å². The average molecular weight is 212 g/mol. The number of nitrogens with zero attached hydrogens (tertiary/aromatic N) is 1. The van der Waals surface area contributed by atoms with Crippen molar-refractivity contribution in [2.75, 3.05) is 0 Å². The van der Waals surface area contributed by atoms with Gasteiger partial charge in [-0.25, -0.2) is 4.79 Å². The van der Waals surface area contributed by atoms with Crippen LogP contribution in [0.2, 0.25) is 0 Å². The lowest BCUT2D eigenvalue weighted by molar-refractivity contribution is -0.385. The van der Waals surface area contributed by atoms with Crippen molar-refractivity contribution in [3.63, 3.8) is 0 Å². The van der Waals surface area contributed by atoms with Gasteiger partial charge in [-0.2, -0.15) is 0 Å². The summed E-state index contributed by atoms with van der Waals surface area (Å²) < 4.78 is 4.49. The van der Waals surface area contributed by atoms with Crippen LogP contribution in [0.25, 0.3) is 0 Å². The van der Waals surface area contributed by atoms with Crippen LogP contribution in [0.1, 0.15) is 5.56 Å². The van der Waals surface area contributed by atoms with Gasteiger partial charge in [-0.3, -0.25) is 10.1 Å². The number of hydrogen-bond acceptors (Lipinski definition) is 4. The van der Waals surface area contributed by atoms with E-state index in [0.29, 0.717) is 5.56 Å². The zero-order valence-electron chi connectivity index (χ0n) is 7.00. The van der Waals surface area contributed by atoms with Crippen LogP contribution in [0, 0.1) is 10.1 Å². The van der Waals surface area contributed by atoms with Crippen molar-refractivity contribution in [2.45, 2.75) is 6.61 Å². The predicted molar refractivity (Wildman–Crippen MR) is 50.9 cm³/mol. The Labute approximate surface area is 85.2 Å². The van der Waals surface area contributed by atoms with E-state index in [2.05, 4.69) is 17.4 Å². The minimum Gasteiger partial charge on any atom is -0.449 e. The van der Waals surface area contributed by atoms with Crippen molar-refractivity contribution in [2.24, 2.45) is 0 Å². The van der Waals surface area contributed by atoms with Crippen LogP contribution < -0.4 is 0 Å². The zero-order chi connectivity index (χ0) is 10.6. The molecule has 0 N–H and O–H groups in total. The maximum Gasteiger partial charge on any atom is 0.400 e. The van der Waals surface area contributed by atoms with E-state index < -0.39 is 10.2 Å². The first-order valence-electron chi connectivity index (χ1n) is 3.67. The van der Waals surface area contributed by atoms with Crippen LogP contribution in [0.4, 0.5) is 10.5 Å². The van der Waals surface area contributed by atoms with Crippen LogP contribution in [-0.4, -0.2) is 10.2 Å². The first-order valence-corrected chi connectivity index (χ1v) is 4.08. The largest absolute Gasteiger partial charge is 0.449 e. The second-order valence-corrected chi connectivity index (χ2v) is 2.76. The molecule has 6 heteroatoms. The molecule has 0 bridgehead atoms. The van der Waals surface area contributed by atoms with E-state index in [0.717, 1.165) is 0 Å². The van der Waals surface area contributed by atoms with Crippen molar-refractivity contribution in [3.8, 4) is 0 Å². The van der Waals surface area contributed by atoms with Crippen LogP contribution in [0.3, 0.4) is 0 Å². The monoisotopic (exact) mass is 212 g/mol. The van der Waals surface area contributed by atoms with Gasteiger partial charge in [-0.05, 0) is 6.07 Å². The van der Waals surface area contributed by atoms with Gasteiger partial charge in [0.2, 0.25) is 0 Å². The molecule has 0 aromatic heterocycles. The number of benzene rings is 1. The van der Waals surface area contributed by atoms with E-state index in [1.807, 2.05) is 0 Å². The molecule has 0 saturated carbocycles. The number of hydrogen-bond donors (Lipinski definition) is 0. The summed E-state index contributed by atoms with van der Waals surface area (Å²) in [6.07, 6.45) is 0. The third kappa shape index (κ3) is 2.67. The summed E-state index contributed by atoms with van der Waals surface area (Å²) in [6.45, 7) is -0.167. The Kier molecular flexibility index (Phi) is 3.35. The second-order valence-electron chi connectivity index (χ2n) is 2.42. The topological polar surface area (TPSA) is 69.4 Å². The molecule has 0 aliphatic rings. The van der Waals surface area contributed by atoms with Crippen LogP contribution in [0.15, 0.2) is 24.3 Å². The number of nitro benzene ring substituents is 1. The highest BCUT2D eigenvalue weighted by Crippen LogP contribution is 2.18. The lowest BCUT2D eigenvalue weighted by Crippen LogP contribution is -1.99. The second kappa shape index (κ2) is 4.52. The lowest BCUT2D eigenvalue weighted by atomic mass is 10.2. The van der Waals surface area contributed by atoms with Gasteiger partial charge in [0.05, 0.1) is 10.5 Å². The molecule has 0 amide bonds. The Hall–Kier alpha value is -1.69. The molecule has 1 aromatic carbocycles. The number of carbonyl (C=O) groups is 1. The van der Waals surface area contributed by atoms with Crippen LogP contribution in [-0.2, 0) is 11.3 Å². The Morgan fingerprint density at radius 2 is 2.14 bits per heavy atom. The molecule has 0 saturated heterocycles. The molecular formula is C8H6NO4S. The fraction of sp³-hybridized carbons (Fsp3) is 0.125. The molecule has 0 aliphatic carbocycles. The van der Waals surface area contributed by atoms with E-state index in [9.17, 15) is 14.9 Å². The third-order valence-electron chi connectivity index (χ3n) is 1.53. The first kappa shape index (κ1) is 10.4. The van der Waals surface area contributed by atoms with E-state index in [1.165, 1.54) is 18.2 Å². The molecule has 1 aromatic rings. The molecule has 0 spiro atoms. The Morgan fingerprint density at radius 3 is 2.71 bits per heavy atom. The highest BCUT2D eigenvalue weighted by Gasteiger charge is 2.12. The molecule has 14 heavy (non-hydrogen) atoms. The van der Waals surface area contributed by atoms with Gasteiger partial charge in [0.15, 0.2) is 0 Å². The summed E-state index contributed by atoms with van der Waals surface area (Å²) >= 11 is 4.16. The van der Waals surface area contributed by atoms with E-state index >= 15 is 0 Å². The van der Waals surface area contributed by atoms with Gasteiger partial charge in [-0.1, -0.05) is 12.1 Å². The van der Waals surface area contributed by atoms with Crippen molar-refractivity contribution >= 4 is 23.6 Å². The molecule has 0 heterocycles. The van der Waals surface area contributed by atoms with Crippen molar-refractivity contribution < 1.29 is 14.5 Å². The summed E-state index contributed by atoms with van der Waals surface area (Å²) in [5.74, 6) is 0. The zero-order valence-corrected chi connectivity index (χ0v) is 7.82. The molecule has 0 atom stereocenters. The van der Waals surface area contributed by atoms with E-state index in [-0.39, 0.29) is 12.3 Å². The maximum absolute atomic E-state index is 10.5. The van der Waals surface area contributed by atoms with Gasteiger partial charge >= 0.3 is 5.30 Å². The van der Waals surface area contributed by atoms with Crippen LogP contribution >= 0.6 is 12.6 Å². The Morgan fingerprint density at radius 1 is 1.50 bits per heavy atom. The summed E-state index contributed by atoms with van der Waals surface area (Å²) in [4.78, 5) is 20.3. The van der Waals surface area contributed by atoms with Crippen molar-refractivity contribution in [1.29, 1.82) is 0 Å². The highest BCUT2D eigenvalue weighted by molar-refractivity contribution is 7.96. The number of nitro groups is 1. The standard InChI is InChI=1S/C8H6NO4S/c10-8(14)13-5-6-3-1-2-4-7(6)9(11)12/h1-4H,5H2. The Balaban J connectivity index is 2.84. The normalized spacial score (nSPS) is 9.43. The molecule has 1 rings (SSSR count). The molecule has 0 unspecified atom stereocenters. The number of rotatable bonds is 3. The maximum atomic E-state index is 10.5. The molecule has 5 nitrogen and oxygen atoms in total. The van der Waals surface area contributed by atoms with Gasteiger partial charge in [0, 0.05) is 18.7 Å². The number of ether oxygens (including phenoxy) is 1. The highest BCUT2D eigenvalue weighted by atomic mass is 32.1. The van der Waals surface area contributed by atoms with E-state index in [1.54, 1.807) is 6.07 Å². The average Bonchev–Trinajstić information content (AvgIpc) is 2.15. The molecule has 0 aliphatic heterocycles. The smallest absolute Gasteiger partial charge is 0.400 e. The minimum absolute atomic E-state index is 0.0799. The summed E-state index contributed by atoms with van der Waals surface area (Å²) in [5, 5.41) is 9.63. The van der Waals surface area contributed by atoms with Gasteiger partial charge in [-0.15, -0.1) is 0 Å². The summed E-state index contributed by atoms with van der Waals surface area (Å²) in [7, 11) is 0.